The molecule has 0 fully saturated rings. The fourth-order valence-electron chi connectivity index (χ4n) is 0.612. The Kier molecular flexibility index (Phi) is 2.89. The second-order valence-corrected chi connectivity index (χ2v) is 3.83. The molecule has 0 aliphatic heterocycles. The molecule has 0 aliphatic carbocycles. The van der Waals surface area contributed by atoms with Crippen LogP contribution in [0.5, 0.6) is 0 Å². The molecule has 1 unspecified atom stereocenters. The summed E-state index contributed by atoms with van der Waals surface area (Å²) in [6.07, 6.45) is 1.11. The van der Waals surface area contributed by atoms with Gasteiger partial charge in [0.15, 0.2) is 0 Å². The van der Waals surface area contributed by atoms with Crippen LogP contribution in [0.25, 0.3) is 0 Å². The Balaban J connectivity index is 3.62. The number of hydrogen-bond donors (Lipinski definition) is 0. The summed E-state index contributed by atoms with van der Waals surface area (Å²) in [5.74, 6) is 0. The summed E-state index contributed by atoms with van der Waals surface area (Å²) in [6, 6.07) is 0. The van der Waals surface area contributed by atoms with Crippen molar-refractivity contribution in [3.05, 3.63) is 0 Å². The monoisotopic (exact) mass is 131 g/mol. The van der Waals surface area contributed by atoms with E-state index in [1.54, 1.807) is 0 Å². The lowest BCUT2D eigenvalue weighted by atomic mass is 9.90. The zero-order valence-electron chi connectivity index (χ0n) is 6.19. The molecule has 1 radical (unpaired) electrons. The van der Waals surface area contributed by atoms with Crippen molar-refractivity contribution >= 4 is 12.6 Å². The van der Waals surface area contributed by atoms with Gasteiger partial charge in [-0.25, -0.2) is 0 Å². The standard InChI is InChI=1S/C7H15S/c1-5-6(8)7(2,3)4/h6H,5H2,1-4H3. The van der Waals surface area contributed by atoms with Gasteiger partial charge >= 0.3 is 0 Å². The highest BCUT2D eigenvalue weighted by atomic mass is 32.1. The Bertz CT molecular complexity index is 61.3. The molecule has 0 amide bonds. The predicted octanol–water partition coefficient (Wildman–Crippen LogP) is 3.01. The molecule has 0 heterocycles. The van der Waals surface area contributed by atoms with Gasteiger partial charge in [0.25, 0.3) is 0 Å². The summed E-state index contributed by atoms with van der Waals surface area (Å²) >= 11 is 5.18. The third kappa shape index (κ3) is 2.61. The molecular formula is C7H15S. The van der Waals surface area contributed by atoms with Crippen LogP contribution in [0.1, 0.15) is 34.1 Å². The maximum absolute atomic E-state index is 5.18. The highest BCUT2D eigenvalue weighted by Crippen LogP contribution is 2.25. The van der Waals surface area contributed by atoms with E-state index in [0.29, 0.717) is 10.7 Å². The molecule has 0 saturated heterocycles. The number of rotatable bonds is 1. The van der Waals surface area contributed by atoms with Crippen LogP contribution in [0.4, 0.5) is 0 Å². The van der Waals surface area contributed by atoms with Crippen molar-refractivity contribution in [1.82, 2.24) is 0 Å². The van der Waals surface area contributed by atoms with Crippen LogP contribution in [-0.2, 0) is 0 Å². The molecule has 8 heavy (non-hydrogen) atoms. The van der Waals surface area contributed by atoms with E-state index in [9.17, 15) is 0 Å². The van der Waals surface area contributed by atoms with Gasteiger partial charge in [0.2, 0.25) is 0 Å². The van der Waals surface area contributed by atoms with E-state index in [-0.39, 0.29) is 0 Å². The first-order valence-electron chi connectivity index (χ1n) is 3.14. The Morgan fingerprint density at radius 2 is 1.75 bits per heavy atom. The van der Waals surface area contributed by atoms with Crippen LogP contribution in [0.2, 0.25) is 0 Å². The van der Waals surface area contributed by atoms with Crippen molar-refractivity contribution in [1.29, 1.82) is 0 Å². The first-order chi connectivity index (χ1) is 3.48. The average molecular weight is 131 g/mol. The van der Waals surface area contributed by atoms with Gasteiger partial charge in [-0.15, -0.1) is 0 Å². The fraction of sp³-hybridized carbons (Fsp3) is 1.00. The summed E-state index contributed by atoms with van der Waals surface area (Å²) in [4.78, 5) is 0. The van der Waals surface area contributed by atoms with E-state index in [1.165, 1.54) is 0 Å². The van der Waals surface area contributed by atoms with E-state index in [4.69, 9.17) is 12.6 Å². The molecule has 0 aromatic carbocycles. The number of hydrogen-bond acceptors (Lipinski definition) is 0. The average Bonchev–Trinajstić information content (AvgIpc) is 1.62. The van der Waals surface area contributed by atoms with Gasteiger partial charge in [-0.1, -0.05) is 40.3 Å². The normalized spacial score (nSPS) is 16.1. The molecule has 0 bridgehead atoms. The first kappa shape index (κ1) is 8.35. The SMILES string of the molecule is CCC([S])C(C)(C)C. The molecule has 1 heteroatoms. The van der Waals surface area contributed by atoms with Gasteiger partial charge < -0.3 is 0 Å². The van der Waals surface area contributed by atoms with Crippen molar-refractivity contribution < 1.29 is 0 Å². The fourth-order valence-corrected chi connectivity index (χ4v) is 0.612. The summed E-state index contributed by atoms with van der Waals surface area (Å²) in [5.41, 5.74) is 0.323. The maximum atomic E-state index is 5.18. The van der Waals surface area contributed by atoms with Crippen molar-refractivity contribution in [3.8, 4) is 0 Å². The molecule has 49 valence electrons. The van der Waals surface area contributed by atoms with Crippen molar-refractivity contribution in [2.75, 3.05) is 0 Å². The van der Waals surface area contributed by atoms with E-state index in [0.717, 1.165) is 6.42 Å². The van der Waals surface area contributed by atoms with Crippen LogP contribution >= 0.6 is 12.6 Å². The second kappa shape index (κ2) is 2.77. The maximum Gasteiger partial charge on any atom is 0.0197 e. The molecule has 0 rings (SSSR count). The summed E-state index contributed by atoms with van der Waals surface area (Å²) in [6.45, 7) is 8.71. The van der Waals surface area contributed by atoms with Gasteiger partial charge in [-0.3, -0.25) is 0 Å². The third-order valence-electron chi connectivity index (χ3n) is 1.34. The van der Waals surface area contributed by atoms with E-state index in [1.807, 2.05) is 0 Å². The van der Waals surface area contributed by atoms with Crippen molar-refractivity contribution in [2.24, 2.45) is 5.41 Å². The summed E-state index contributed by atoms with van der Waals surface area (Å²) in [5, 5.41) is 0.433. The van der Waals surface area contributed by atoms with Crippen molar-refractivity contribution in [2.45, 2.75) is 39.4 Å². The van der Waals surface area contributed by atoms with E-state index < -0.39 is 0 Å². The largest absolute Gasteiger partial charge is 0.0899 e. The van der Waals surface area contributed by atoms with Crippen molar-refractivity contribution in [3.63, 3.8) is 0 Å². The Morgan fingerprint density at radius 3 is 1.75 bits per heavy atom. The lowest BCUT2D eigenvalue weighted by Gasteiger charge is -2.23. The third-order valence-corrected chi connectivity index (χ3v) is 2.38. The van der Waals surface area contributed by atoms with E-state index >= 15 is 0 Å². The van der Waals surface area contributed by atoms with Crippen LogP contribution in [0.3, 0.4) is 0 Å². The lowest BCUT2D eigenvalue weighted by Crippen LogP contribution is -2.19. The minimum atomic E-state index is 0.323. The Labute approximate surface area is 58.1 Å². The predicted molar refractivity (Wildman–Crippen MR) is 41.1 cm³/mol. The van der Waals surface area contributed by atoms with Crippen LogP contribution in [0, 0.1) is 5.41 Å². The molecule has 1 atom stereocenters. The molecule has 0 N–H and O–H groups in total. The Morgan fingerprint density at radius 1 is 1.38 bits per heavy atom. The molecule has 0 aliphatic rings. The van der Waals surface area contributed by atoms with Gasteiger partial charge in [0, 0.05) is 5.25 Å². The highest BCUT2D eigenvalue weighted by molar-refractivity contribution is 7.81. The minimum Gasteiger partial charge on any atom is -0.0899 e. The van der Waals surface area contributed by atoms with Crippen LogP contribution < -0.4 is 0 Å². The van der Waals surface area contributed by atoms with Gasteiger partial charge in [0.1, 0.15) is 0 Å². The first-order valence-corrected chi connectivity index (χ1v) is 3.61. The Hall–Kier alpha value is 0.350. The van der Waals surface area contributed by atoms with Crippen LogP contribution in [-0.4, -0.2) is 5.25 Å². The summed E-state index contributed by atoms with van der Waals surface area (Å²) < 4.78 is 0. The quantitative estimate of drug-likeness (QED) is 0.513. The summed E-state index contributed by atoms with van der Waals surface area (Å²) in [7, 11) is 0. The lowest BCUT2D eigenvalue weighted by molar-refractivity contribution is 0.389. The zero-order chi connectivity index (χ0) is 6.78. The molecule has 0 nitrogen and oxygen atoms in total. The highest BCUT2D eigenvalue weighted by Gasteiger charge is 2.18. The molecule has 0 aromatic heterocycles. The van der Waals surface area contributed by atoms with Gasteiger partial charge in [-0.05, 0) is 11.8 Å². The smallest absolute Gasteiger partial charge is 0.0197 e. The van der Waals surface area contributed by atoms with Gasteiger partial charge in [0.05, 0.1) is 0 Å². The second-order valence-electron chi connectivity index (χ2n) is 3.26. The molecule has 0 spiro atoms. The van der Waals surface area contributed by atoms with Gasteiger partial charge in [-0.2, -0.15) is 0 Å². The van der Waals surface area contributed by atoms with E-state index in [2.05, 4.69) is 27.7 Å². The molecule has 0 aromatic rings. The molecular weight excluding hydrogens is 116 g/mol. The topological polar surface area (TPSA) is 0 Å². The van der Waals surface area contributed by atoms with Crippen LogP contribution in [0.15, 0.2) is 0 Å². The molecule has 0 saturated carbocycles. The zero-order valence-corrected chi connectivity index (χ0v) is 7.01. The minimum absolute atomic E-state index is 0.323.